The van der Waals surface area contributed by atoms with E-state index in [1.807, 2.05) is 38.1 Å². The van der Waals surface area contributed by atoms with Crippen molar-refractivity contribution < 1.29 is 14.2 Å². The highest BCUT2D eigenvalue weighted by Crippen LogP contribution is 2.38. The molecule has 0 radical (unpaired) electrons. The summed E-state index contributed by atoms with van der Waals surface area (Å²) in [6.07, 6.45) is -0.0589. The molecule has 1 fully saturated rings. The third-order valence-electron chi connectivity index (χ3n) is 2.78. The number of benzene rings is 1. The van der Waals surface area contributed by atoms with E-state index in [0.29, 0.717) is 19.1 Å². The van der Waals surface area contributed by atoms with Crippen LogP contribution in [0.5, 0.6) is 5.75 Å². The van der Waals surface area contributed by atoms with Gasteiger partial charge in [-0.2, -0.15) is 0 Å². The van der Waals surface area contributed by atoms with E-state index in [2.05, 4.69) is 0 Å². The fourth-order valence-corrected chi connectivity index (χ4v) is 2.13. The summed E-state index contributed by atoms with van der Waals surface area (Å²) < 4.78 is 17.2. The number of hydrogen-bond acceptors (Lipinski definition) is 3. The first kappa shape index (κ1) is 12.7. The molecule has 1 aromatic rings. The molecule has 0 N–H and O–H groups in total. The second-order valence-electron chi connectivity index (χ2n) is 4.08. The number of halogens is 1. The van der Waals surface area contributed by atoms with Gasteiger partial charge in [-0.25, -0.2) is 0 Å². The maximum Gasteiger partial charge on any atom is 0.196 e. The molecule has 17 heavy (non-hydrogen) atoms. The Labute approximate surface area is 107 Å². The third-order valence-corrected chi connectivity index (χ3v) is 3.13. The van der Waals surface area contributed by atoms with Crippen LogP contribution in [0.15, 0.2) is 24.3 Å². The first-order valence-electron chi connectivity index (χ1n) is 5.79. The lowest BCUT2D eigenvalue weighted by Gasteiger charge is -2.25. The Kier molecular flexibility index (Phi) is 3.92. The molecule has 0 bridgehead atoms. The molecule has 3 nitrogen and oxygen atoms in total. The lowest BCUT2D eigenvalue weighted by molar-refractivity contribution is -0.160. The highest BCUT2D eigenvalue weighted by Gasteiger charge is 2.40. The summed E-state index contributed by atoms with van der Waals surface area (Å²) in [5.41, 5.74) is 0.912. The fraction of sp³-hybridized carbons (Fsp3) is 0.538. The van der Waals surface area contributed by atoms with Gasteiger partial charge in [0.05, 0.1) is 30.8 Å². The smallest absolute Gasteiger partial charge is 0.196 e. The van der Waals surface area contributed by atoms with E-state index in [1.54, 1.807) is 0 Å². The van der Waals surface area contributed by atoms with E-state index in [-0.39, 0.29) is 6.10 Å². The summed E-state index contributed by atoms with van der Waals surface area (Å²) in [4.78, 5) is 0. The van der Waals surface area contributed by atoms with Crippen LogP contribution in [-0.2, 0) is 15.3 Å². The SMILES string of the molecule is CCOc1ccccc1C1(C)OCC(CCl)O1. The minimum absolute atomic E-state index is 0.0589. The predicted molar refractivity (Wildman–Crippen MR) is 66.5 cm³/mol. The Morgan fingerprint density at radius 2 is 2.24 bits per heavy atom. The minimum Gasteiger partial charge on any atom is -0.493 e. The van der Waals surface area contributed by atoms with Crippen LogP contribution >= 0.6 is 11.6 Å². The molecule has 1 aliphatic heterocycles. The topological polar surface area (TPSA) is 27.7 Å². The zero-order valence-electron chi connectivity index (χ0n) is 10.1. The highest BCUT2D eigenvalue weighted by atomic mass is 35.5. The zero-order valence-corrected chi connectivity index (χ0v) is 10.9. The van der Waals surface area contributed by atoms with Crippen molar-refractivity contribution in [3.05, 3.63) is 29.8 Å². The number of hydrogen-bond donors (Lipinski definition) is 0. The Morgan fingerprint density at radius 1 is 1.47 bits per heavy atom. The van der Waals surface area contributed by atoms with Crippen LogP contribution in [0.2, 0.25) is 0 Å². The third kappa shape index (κ3) is 2.57. The molecule has 94 valence electrons. The molecule has 0 aromatic heterocycles. The molecule has 0 amide bonds. The summed E-state index contributed by atoms with van der Waals surface area (Å²) in [7, 11) is 0. The average molecular weight is 257 g/mol. The molecule has 2 atom stereocenters. The van der Waals surface area contributed by atoms with Crippen molar-refractivity contribution in [3.63, 3.8) is 0 Å². The van der Waals surface area contributed by atoms with Crippen molar-refractivity contribution in [1.29, 1.82) is 0 Å². The zero-order chi connectivity index (χ0) is 12.3. The lowest BCUT2D eigenvalue weighted by Crippen LogP contribution is -2.25. The van der Waals surface area contributed by atoms with Gasteiger partial charge in [0, 0.05) is 0 Å². The summed E-state index contributed by atoms with van der Waals surface area (Å²) in [5.74, 6) is 0.477. The summed E-state index contributed by atoms with van der Waals surface area (Å²) in [6.45, 7) is 4.99. The monoisotopic (exact) mass is 256 g/mol. The Balaban J connectivity index is 2.27. The van der Waals surface area contributed by atoms with Gasteiger partial charge in [-0.1, -0.05) is 12.1 Å². The number of alkyl halides is 1. The van der Waals surface area contributed by atoms with E-state index in [4.69, 9.17) is 25.8 Å². The van der Waals surface area contributed by atoms with Crippen LogP contribution < -0.4 is 4.74 Å². The number of para-hydroxylation sites is 1. The predicted octanol–water partition coefficient (Wildman–Crippen LogP) is 2.91. The molecule has 1 heterocycles. The molecule has 1 aliphatic rings. The van der Waals surface area contributed by atoms with Crippen LogP contribution in [0.3, 0.4) is 0 Å². The van der Waals surface area contributed by atoms with Gasteiger partial charge in [-0.05, 0) is 26.0 Å². The Hall–Kier alpha value is -0.770. The quantitative estimate of drug-likeness (QED) is 0.776. The van der Waals surface area contributed by atoms with Gasteiger partial charge in [-0.15, -0.1) is 11.6 Å². The van der Waals surface area contributed by atoms with Crippen molar-refractivity contribution in [2.24, 2.45) is 0 Å². The van der Waals surface area contributed by atoms with E-state index in [9.17, 15) is 0 Å². The van der Waals surface area contributed by atoms with Crippen LogP contribution in [0.1, 0.15) is 19.4 Å². The summed E-state index contributed by atoms with van der Waals surface area (Å²) in [5, 5.41) is 0. The van der Waals surface area contributed by atoms with Crippen molar-refractivity contribution in [1.82, 2.24) is 0 Å². The van der Waals surface area contributed by atoms with Crippen LogP contribution in [-0.4, -0.2) is 25.2 Å². The van der Waals surface area contributed by atoms with Gasteiger partial charge in [-0.3, -0.25) is 0 Å². The Bertz CT molecular complexity index is 383. The summed E-state index contributed by atoms with van der Waals surface area (Å²) in [6, 6.07) is 7.77. The van der Waals surface area contributed by atoms with Crippen molar-refractivity contribution in [2.45, 2.75) is 25.7 Å². The maximum atomic E-state index is 5.84. The van der Waals surface area contributed by atoms with E-state index < -0.39 is 5.79 Å². The fourth-order valence-electron chi connectivity index (χ4n) is 1.98. The molecule has 0 aliphatic carbocycles. The van der Waals surface area contributed by atoms with Crippen molar-refractivity contribution >= 4 is 11.6 Å². The minimum atomic E-state index is -0.759. The maximum absolute atomic E-state index is 5.84. The van der Waals surface area contributed by atoms with Crippen LogP contribution in [0, 0.1) is 0 Å². The molecule has 1 aromatic carbocycles. The van der Waals surface area contributed by atoms with E-state index >= 15 is 0 Å². The van der Waals surface area contributed by atoms with Gasteiger partial charge in [0.1, 0.15) is 5.75 Å². The van der Waals surface area contributed by atoms with Gasteiger partial charge in [0.15, 0.2) is 5.79 Å². The lowest BCUT2D eigenvalue weighted by atomic mass is 10.1. The van der Waals surface area contributed by atoms with Gasteiger partial charge in [0.2, 0.25) is 0 Å². The second kappa shape index (κ2) is 5.25. The largest absolute Gasteiger partial charge is 0.493 e. The normalized spacial score (nSPS) is 28.3. The Morgan fingerprint density at radius 3 is 2.88 bits per heavy atom. The molecule has 0 spiro atoms. The average Bonchev–Trinajstić information content (AvgIpc) is 2.73. The number of rotatable bonds is 4. The first-order chi connectivity index (χ1) is 8.19. The second-order valence-corrected chi connectivity index (χ2v) is 4.39. The van der Waals surface area contributed by atoms with Crippen molar-refractivity contribution in [2.75, 3.05) is 19.1 Å². The van der Waals surface area contributed by atoms with E-state index in [1.165, 1.54) is 0 Å². The molecule has 1 saturated heterocycles. The molecular weight excluding hydrogens is 240 g/mol. The standard InChI is InChI=1S/C13H17ClO3/c1-3-15-12-7-5-4-6-11(12)13(2)16-9-10(8-14)17-13/h4-7,10H,3,8-9H2,1-2H3. The molecule has 0 saturated carbocycles. The molecule has 2 rings (SSSR count). The summed E-state index contributed by atoms with van der Waals surface area (Å²) >= 11 is 5.79. The van der Waals surface area contributed by atoms with Crippen LogP contribution in [0.25, 0.3) is 0 Å². The highest BCUT2D eigenvalue weighted by molar-refractivity contribution is 6.18. The van der Waals surface area contributed by atoms with Gasteiger partial charge in [0.25, 0.3) is 0 Å². The van der Waals surface area contributed by atoms with Crippen LogP contribution in [0.4, 0.5) is 0 Å². The number of ether oxygens (including phenoxy) is 3. The van der Waals surface area contributed by atoms with Gasteiger partial charge >= 0.3 is 0 Å². The first-order valence-corrected chi connectivity index (χ1v) is 6.33. The molecular formula is C13H17ClO3. The van der Waals surface area contributed by atoms with E-state index in [0.717, 1.165) is 11.3 Å². The van der Waals surface area contributed by atoms with Crippen molar-refractivity contribution in [3.8, 4) is 5.75 Å². The molecule has 2 unspecified atom stereocenters. The van der Waals surface area contributed by atoms with Gasteiger partial charge < -0.3 is 14.2 Å². The molecule has 4 heteroatoms.